The predicted octanol–water partition coefficient (Wildman–Crippen LogP) is 3.05. The average Bonchev–Trinajstić information content (AvgIpc) is 2.27. The normalized spacial score (nSPS) is 17.1. The van der Waals surface area contributed by atoms with E-state index in [1.807, 2.05) is 18.2 Å². The summed E-state index contributed by atoms with van der Waals surface area (Å²) in [7, 11) is 3.07. The van der Waals surface area contributed by atoms with Crippen molar-refractivity contribution in [1.82, 2.24) is 0 Å². The van der Waals surface area contributed by atoms with E-state index in [9.17, 15) is 4.79 Å². The Morgan fingerprint density at radius 2 is 2.06 bits per heavy atom. The van der Waals surface area contributed by atoms with Crippen molar-refractivity contribution in [3.8, 4) is 5.75 Å². The van der Waals surface area contributed by atoms with Gasteiger partial charge in [0.15, 0.2) is 0 Å². The zero-order valence-corrected chi connectivity index (χ0v) is 11.5. The lowest BCUT2D eigenvalue weighted by Crippen LogP contribution is -2.43. The van der Waals surface area contributed by atoms with Gasteiger partial charge in [0.25, 0.3) is 0 Å². The number of rotatable bonds is 3. The second-order valence-corrected chi connectivity index (χ2v) is 5.13. The van der Waals surface area contributed by atoms with E-state index in [1.165, 1.54) is 7.11 Å². The molecule has 0 unspecified atom stereocenters. The molecule has 2 rings (SSSR count). The van der Waals surface area contributed by atoms with Gasteiger partial charge >= 0.3 is 5.97 Å². The highest BCUT2D eigenvalue weighted by atomic mass is 79.9. The van der Waals surface area contributed by atoms with Gasteiger partial charge in [-0.1, -0.05) is 12.5 Å². The molecule has 0 N–H and O–H groups in total. The number of ether oxygens (including phenoxy) is 2. The summed E-state index contributed by atoms with van der Waals surface area (Å²) < 4.78 is 11.0. The second-order valence-electron chi connectivity index (χ2n) is 4.28. The van der Waals surface area contributed by atoms with Crippen LogP contribution < -0.4 is 4.74 Å². The Morgan fingerprint density at radius 3 is 2.47 bits per heavy atom. The molecule has 1 aromatic carbocycles. The van der Waals surface area contributed by atoms with Gasteiger partial charge in [-0.05, 0) is 46.5 Å². The Balaban J connectivity index is 2.38. The number of hydrogen-bond donors (Lipinski definition) is 0. The van der Waals surface area contributed by atoms with Crippen LogP contribution in [0.3, 0.4) is 0 Å². The molecule has 1 aromatic rings. The van der Waals surface area contributed by atoms with Gasteiger partial charge < -0.3 is 9.47 Å². The van der Waals surface area contributed by atoms with Crippen molar-refractivity contribution >= 4 is 21.9 Å². The van der Waals surface area contributed by atoms with E-state index in [0.29, 0.717) is 0 Å². The van der Waals surface area contributed by atoms with E-state index in [4.69, 9.17) is 9.47 Å². The fourth-order valence-corrected chi connectivity index (χ4v) is 2.84. The number of methoxy groups -OCH3 is 2. The molecule has 0 radical (unpaired) electrons. The molecule has 1 saturated carbocycles. The van der Waals surface area contributed by atoms with Gasteiger partial charge in [0.2, 0.25) is 0 Å². The highest BCUT2D eigenvalue weighted by molar-refractivity contribution is 9.10. The molecular formula is C13H15BrO3. The minimum absolute atomic E-state index is 0.138. The Morgan fingerprint density at radius 1 is 1.35 bits per heavy atom. The number of benzene rings is 1. The summed E-state index contributed by atoms with van der Waals surface area (Å²) in [5, 5.41) is 0. The van der Waals surface area contributed by atoms with Gasteiger partial charge in [0.1, 0.15) is 5.75 Å². The predicted molar refractivity (Wildman–Crippen MR) is 68.2 cm³/mol. The molecule has 92 valence electrons. The monoisotopic (exact) mass is 298 g/mol. The molecule has 0 amide bonds. The van der Waals surface area contributed by atoms with Crippen molar-refractivity contribution in [2.75, 3.05) is 14.2 Å². The van der Waals surface area contributed by atoms with Gasteiger partial charge in [-0.25, -0.2) is 0 Å². The maximum absolute atomic E-state index is 11.9. The fourth-order valence-electron chi connectivity index (χ4n) is 2.30. The van der Waals surface area contributed by atoms with Crippen LogP contribution in [0.15, 0.2) is 22.7 Å². The van der Waals surface area contributed by atoms with E-state index < -0.39 is 5.41 Å². The molecule has 17 heavy (non-hydrogen) atoms. The lowest BCUT2D eigenvalue weighted by atomic mass is 9.64. The molecule has 0 atom stereocenters. The third-order valence-electron chi connectivity index (χ3n) is 3.49. The SMILES string of the molecule is COC(=O)C1(c2ccc(OC)c(Br)c2)CCC1. The van der Waals surface area contributed by atoms with Crippen LogP contribution in [0.25, 0.3) is 0 Å². The molecular weight excluding hydrogens is 284 g/mol. The summed E-state index contributed by atoms with van der Waals surface area (Å²) in [5.41, 5.74) is 0.562. The summed E-state index contributed by atoms with van der Waals surface area (Å²) in [6, 6.07) is 5.77. The van der Waals surface area contributed by atoms with Crippen molar-refractivity contribution in [3.05, 3.63) is 28.2 Å². The summed E-state index contributed by atoms with van der Waals surface area (Å²) in [5.74, 6) is 0.633. The number of carbonyl (C=O) groups is 1. The summed E-state index contributed by atoms with van der Waals surface area (Å²) in [4.78, 5) is 11.9. The van der Waals surface area contributed by atoms with E-state index in [0.717, 1.165) is 35.0 Å². The number of esters is 1. The Hall–Kier alpha value is -1.03. The molecule has 1 fully saturated rings. The first-order chi connectivity index (χ1) is 8.14. The van der Waals surface area contributed by atoms with E-state index in [-0.39, 0.29) is 5.97 Å². The Kier molecular flexibility index (Phi) is 3.43. The molecule has 1 aliphatic carbocycles. The average molecular weight is 299 g/mol. The first-order valence-corrected chi connectivity index (χ1v) is 6.36. The Labute approximate surface area is 109 Å². The number of hydrogen-bond acceptors (Lipinski definition) is 3. The number of halogens is 1. The molecule has 0 heterocycles. The van der Waals surface area contributed by atoms with Crippen LogP contribution in [0, 0.1) is 0 Å². The molecule has 1 aliphatic rings. The largest absolute Gasteiger partial charge is 0.496 e. The van der Waals surface area contributed by atoms with Crippen LogP contribution in [0.5, 0.6) is 5.75 Å². The first kappa shape index (κ1) is 12.4. The summed E-state index contributed by atoms with van der Waals surface area (Å²) in [6.45, 7) is 0. The van der Waals surface area contributed by atoms with E-state index in [2.05, 4.69) is 15.9 Å². The Bertz CT molecular complexity index is 438. The number of carbonyl (C=O) groups excluding carboxylic acids is 1. The third kappa shape index (κ3) is 1.95. The molecule has 3 nitrogen and oxygen atoms in total. The van der Waals surface area contributed by atoms with Crippen LogP contribution in [-0.2, 0) is 14.9 Å². The van der Waals surface area contributed by atoms with Crippen molar-refractivity contribution in [2.45, 2.75) is 24.7 Å². The molecule has 0 bridgehead atoms. The van der Waals surface area contributed by atoms with Crippen LogP contribution in [0.4, 0.5) is 0 Å². The third-order valence-corrected chi connectivity index (χ3v) is 4.11. The zero-order chi connectivity index (χ0) is 12.5. The zero-order valence-electron chi connectivity index (χ0n) is 9.96. The summed E-state index contributed by atoms with van der Waals surface area (Å²) >= 11 is 3.45. The fraction of sp³-hybridized carbons (Fsp3) is 0.462. The molecule has 4 heteroatoms. The lowest BCUT2D eigenvalue weighted by Gasteiger charge is -2.39. The molecule has 0 aromatic heterocycles. The maximum Gasteiger partial charge on any atom is 0.316 e. The molecule has 0 saturated heterocycles. The highest BCUT2D eigenvalue weighted by Crippen LogP contribution is 2.46. The van der Waals surface area contributed by atoms with Gasteiger partial charge in [0.05, 0.1) is 24.1 Å². The first-order valence-electron chi connectivity index (χ1n) is 5.56. The van der Waals surface area contributed by atoms with Crippen molar-refractivity contribution in [1.29, 1.82) is 0 Å². The maximum atomic E-state index is 11.9. The van der Waals surface area contributed by atoms with Crippen LogP contribution >= 0.6 is 15.9 Å². The van der Waals surface area contributed by atoms with Crippen molar-refractivity contribution in [3.63, 3.8) is 0 Å². The minimum Gasteiger partial charge on any atom is -0.496 e. The summed E-state index contributed by atoms with van der Waals surface area (Å²) in [6.07, 6.45) is 2.79. The quantitative estimate of drug-likeness (QED) is 0.805. The van der Waals surface area contributed by atoms with Crippen molar-refractivity contribution in [2.24, 2.45) is 0 Å². The van der Waals surface area contributed by atoms with Gasteiger partial charge in [-0.3, -0.25) is 4.79 Å². The second kappa shape index (κ2) is 4.69. The topological polar surface area (TPSA) is 35.5 Å². The van der Waals surface area contributed by atoms with Gasteiger partial charge in [-0.15, -0.1) is 0 Å². The van der Waals surface area contributed by atoms with Gasteiger partial charge in [-0.2, -0.15) is 0 Å². The van der Waals surface area contributed by atoms with Crippen molar-refractivity contribution < 1.29 is 14.3 Å². The minimum atomic E-state index is -0.441. The highest BCUT2D eigenvalue weighted by Gasteiger charge is 2.46. The van der Waals surface area contributed by atoms with Crippen LogP contribution in [0.2, 0.25) is 0 Å². The lowest BCUT2D eigenvalue weighted by molar-refractivity contribution is -0.151. The molecule has 0 aliphatic heterocycles. The van der Waals surface area contributed by atoms with Gasteiger partial charge in [0, 0.05) is 0 Å². The van der Waals surface area contributed by atoms with E-state index in [1.54, 1.807) is 7.11 Å². The smallest absolute Gasteiger partial charge is 0.316 e. The van der Waals surface area contributed by atoms with Crippen LogP contribution in [-0.4, -0.2) is 20.2 Å². The van der Waals surface area contributed by atoms with E-state index >= 15 is 0 Å². The van der Waals surface area contributed by atoms with Crippen LogP contribution in [0.1, 0.15) is 24.8 Å². The standard InChI is InChI=1S/C13H15BrO3/c1-16-11-5-4-9(8-10(11)14)13(6-3-7-13)12(15)17-2/h4-5,8H,3,6-7H2,1-2H3. The molecule has 0 spiro atoms.